The number of ether oxygens (including phenoxy) is 1. The fourth-order valence-electron chi connectivity index (χ4n) is 2.02. The predicted octanol–water partition coefficient (Wildman–Crippen LogP) is 4.49. The lowest BCUT2D eigenvalue weighted by Crippen LogP contribution is -2.42. The van der Waals surface area contributed by atoms with Crippen LogP contribution in [-0.2, 0) is 14.3 Å². The van der Waals surface area contributed by atoms with Crippen molar-refractivity contribution in [2.24, 2.45) is 5.92 Å². The van der Waals surface area contributed by atoms with Gasteiger partial charge >= 0.3 is 5.97 Å². The molecule has 0 bridgehead atoms. The molecule has 1 N–H and O–H groups in total. The molecule has 0 heterocycles. The van der Waals surface area contributed by atoms with Crippen LogP contribution in [0, 0.1) is 5.92 Å². The number of hydrogen-bond donors (Lipinski definition) is 1. The molecule has 1 aromatic carbocycles. The fourth-order valence-corrected chi connectivity index (χ4v) is 2.49. The molecule has 6 heteroatoms. The van der Waals surface area contributed by atoms with Crippen LogP contribution in [-0.4, -0.2) is 24.0 Å². The number of benzene rings is 1. The third-order valence-corrected chi connectivity index (χ3v) is 3.60. The summed E-state index contributed by atoms with van der Waals surface area (Å²) >= 11 is 11.9. The van der Waals surface area contributed by atoms with Crippen molar-refractivity contribution in [3.8, 4) is 0 Å². The van der Waals surface area contributed by atoms with E-state index in [1.54, 1.807) is 38.1 Å². The van der Waals surface area contributed by atoms with Crippen LogP contribution in [0.4, 0.5) is 0 Å². The average Bonchev–Trinajstić information content (AvgIpc) is 2.44. The van der Waals surface area contributed by atoms with Crippen molar-refractivity contribution in [3.05, 3.63) is 39.9 Å². The maximum Gasteiger partial charge on any atom is 0.328 e. The molecule has 0 aromatic heterocycles. The highest BCUT2D eigenvalue weighted by atomic mass is 35.5. The van der Waals surface area contributed by atoms with E-state index in [0.717, 1.165) is 0 Å². The predicted molar refractivity (Wildman–Crippen MR) is 98.1 cm³/mol. The van der Waals surface area contributed by atoms with Gasteiger partial charge in [-0.2, -0.15) is 0 Å². The minimum absolute atomic E-state index is 0.229. The number of amides is 1. The van der Waals surface area contributed by atoms with Crippen LogP contribution in [0.3, 0.4) is 0 Å². The Bertz CT molecular complexity index is 612. The third-order valence-electron chi connectivity index (χ3n) is 3.04. The van der Waals surface area contributed by atoms with Crippen LogP contribution in [0.25, 0.3) is 6.08 Å². The molecule has 0 saturated carbocycles. The summed E-state index contributed by atoms with van der Waals surface area (Å²) in [5, 5.41) is 3.66. The van der Waals surface area contributed by atoms with Crippen molar-refractivity contribution in [1.82, 2.24) is 5.32 Å². The normalized spacial score (nSPS) is 12.7. The van der Waals surface area contributed by atoms with Crippen molar-refractivity contribution in [2.75, 3.05) is 0 Å². The van der Waals surface area contributed by atoms with Gasteiger partial charge in [0.25, 0.3) is 0 Å². The largest absolute Gasteiger partial charge is 0.461 e. The number of nitrogens with one attached hydrogen (secondary N) is 1. The van der Waals surface area contributed by atoms with Crippen molar-refractivity contribution in [3.63, 3.8) is 0 Å². The van der Waals surface area contributed by atoms with Crippen LogP contribution in [0.15, 0.2) is 24.3 Å². The molecule has 24 heavy (non-hydrogen) atoms. The van der Waals surface area contributed by atoms with Gasteiger partial charge in [-0.25, -0.2) is 4.79 Å². The molecule has 0 radical (unpaired) electrons. The van der Waals surface area contributed by atoms with Gasteiger partial charge in [-0.05, 0) is 50.0 Å². The third kappa shape index (κ3) is 7.37. The van der Waals surface area contributed by atoms with E-state index < -0.39 is 12.0 Å². The Kier molecular flexibility index (Phi) is 8.29. The smallest absolute Gasteiger partial charge is 0.328 e. The lowest BCUT2D eigenvalue weighted by Gasteiger charge is -2.20. The molecule has 0 aliphatic heterocycles. The van der Waals surface area contributed by atoms with Crippen molar-refractivity contribution in [1.29, 1.82) is 0 Å². The summed E-state index contributed by atoms with van der Waals surface area (Å²) in [6.07, 6.45) is 3.19. The topological polar surface area (TPSA) is 55.4 Å². The standard InChI is InChI=1S/C18H23Cl2NO3/c1-11(2)9-16(18(23)24-12(3)4)21-17(22)8-6-13-5-7-14(19)10-15(13)20/h5-8,10-12,16H,9H2,1-4H3,(H,21,22)/b8-6+/t16-/m1/s1. The van der Waals surface area contributed by atoms with E-state index >= 15 is 0 Å². The number of carbonyl (C=O) groups is 2. The average molecular weight is 372 g/mol. The highest BCUT2D eigenvalue weighted by molar-refractivity contribution is 6.35. The molecular formula is C18H23Cl2NO3. The van der Waals surface area contributed by atoms with Gasteiger partial charge in [-0.3, -0.25) is 4.79 Å². The first kappa shape index (κ1) is 20.5. The number of hydrogen-bond acceptors (Lipinski definition) is 3. The van der Waals surface area contributed by atoms with Gasteiger partial charge in [0.1, 0.15) is 6.04 Å². The Hall–Kier alpha value is -1.52. The Labute approximate surface area is 153 Å². The van der Waals surface area contributed by atoms with E-state index in [4.69, 9.17) is 27.9 Å². The van der Waals surface area contributed by atoms with Gasteiger partial charge in [0.05, 0.1) is 6.10 Å². The Morgan fingerprint density at radius 2 is 1.88 bits per heavy atom. The summed E-state index contributed by atoms with van der Waals surface area (Å²) in [4.78, 5) is 24.2. The van der Waals surface area contributed by atoms with E-state index in [2.05, 4.69) is 5.32 Å². The van der Waals surface area contributed by atoms with Gasteiger partial charge in [0, 0.05) is 16.1 Å². The van der Waals surface area contributed by atoms with Gasteiger partial charge < -0.3 is 10.1 Å². The number of carbonyl (C=O) groups excluding carboxylic acids is 2. The zero-order valence-electron chi connectivity index (χ0n) is 14.3. The highest BCUT2D eigenvalue weighted by Gasteiger charge is 2.23. The van der Waals surface area contributed by atoms with Gasteiger partial charge in [-0.1, -0.05) is 43.1 Å². The first-order chi connectivity index (χ1) is 11.2. The minimum Gasteiger partial charge on any atom is -0.461 e. The SMILES string of the molecule is CC(C)C[C@@H](NC(=O)/C=C/c1ccc(Cl)cc1Cl)C(=O)OC(C)C. The van der Waals surface area contributed by atoms with Gasteiger partial charge in [-0.15, -0.1) is 0 Å². The number of rotatable bonds is 7. The van der Waals surface area contributed by atoms with Crippen LogP contribution in [0.5, 0.6) is 0 Å². The van der Waals surface area contributed by atoms with E-state index in [1.807, 2.05) is 13.8 Å². The Balaban J connectivity index is 2.76. The lowest BCUT2D eigenvalue weighted by molar-refractivity contribution is -0.151. The molecule has 0 unspecified atom stereocenters. The van der Waals surface area contributed by atoms with Gasteiger partial charge in [0.15, 0.2) is 0 Å². The minimum atomic E-state index is -0.676. The Morgan fingerprint density at radius 1 is 1.21 bits per heavy atom. The molecule has 132 valence electrons. The molecule has 0 saturated heterocycles. The molecule has 0 aliphatic carbocycles. The Morgan fingerprint density at radius 3 is 2.42 bits per heavy atom. The molecule has 0 spiro atoms. The first-order valence-electron chi connectivity index (χ1n) is 7.83. The highest BCUT2D eigenvalue weighted by Crippen LogP contribution is 2.21. The van der Waals surface area contributed by atoms with E-state index in [0.29, 0.717) is 22.0 Å². The van der Waals surface area contributed by atoms with Crippen LogP contribution in [0.1, 0.15) is 39.7 Å². The maximum absolute atomic E-state index is 12.1. The van der Waals surface area contributed by atoms with E-state index in [-0.39, 0.29) is 17.9 Å². The molecule has 1 atom stereocenters. The summed E-state index contributed by atoms with van der Waals surface area (Å²) in [6, 6.07) is 4.33. The maximum atomic E-state index is 12.1. The van der Waals surface area contributed by atoms with Crippen molar-refractivity contribution in [2.45, 2.75) is 46.3 Å². The number of esters is 1. The van der Waals surface area contributed by atoms with Crippen LogP contribution >= 0.6 is 23.2 Å². The second-order valence-electron chi connectivity index (χ2n) is 6.18. The number of halogens is 2. The van der Waals surface area contributed by atoms with E-state index in [1.165, 1.54) is 6.08 Å². The second kappa shape index (κ2) is 9.70. The molecule has 1 aromatic rings. The van der Waals surface area contributed by atoms with Gasteiger partial charge in [0.2, 0.25) is 5.91 Å². The zero-order valence-corrected chi connectivity index (χ0v) is 15.8. The summed E-state index contributed by atoms with van der Waals surface area (Å²) in [6.45, 7) is 7.50. The molecule has 4 nitrogen and oxygen atoms in total. The summed E-state index contributed by atoms with van der Waals surface area (Å²) in [7, 11) is 0. The van der Waals surface area contributed by atoms with E-state index in [9.17, 15) is 9.59 Å². The molecule has 1 amide bonds. The van der Waals surface area contributed by atoms with Crippen molar-refractivity contribution < 1.29 is 14.3 Å². The summed E-state index contributed by atoms with van der Waals surface area (Å²) in [5.74, 6) is -0.568. The summed E-state index contributed by atoms with van der Waals surface area (Å²) < 4.78 is 5.20. The molecular weight excluding hydrogens is 349 g/mol. The zero-order chi connectivity index (χ0) is 18.3. The summed E-state index contributed by atoms with van der Waals surface area (Å²) in [5.41, 5.74) is 0.668. The molecule has 0 fully saturated rings. The van der Waals surface area contributed by atoms with Crippen LogP contribution in [0.2, 0.25) is 10.0 Å². The second-order valence-corrected chi connectivity index (χ2v) is 7.02. The molecule has 1 rings (SSSR count). The fraction of sp³-hybridized carbons (Fsp3) is 0.444. The quantitative estimate of drug-likeness (QED) is 0.567. The lowest BCUT2D eigenvalue weighted by atomic mass is 10.0. The molecule has 0 aliphatic rings. The van der Waals surface area contributed by atoms with Crippen molar-refractivity contribution >= 4 is 41.2 Å². The van der Waals surface area contributed by atoms with Crippen LogP contribution < -0.4 is 5.32 Å². The first-order valence-corrected chi connectivity index (χ1v) is 8.58. The monoisotopic (exact) mass is 371 g/mol.